The monoisotopic (exact) mass is 473 g/mol. The van der Waals surface area contributed by atoms with Gasteiger partial charge in [0, 0.05) is 36.3 Å². The molecule has 2 aromatic carbocycles. The molecule has 0 aliphatic rings. The zero-order chi connectivity index (χ0) is 23.5. The Morgan fingerprint density at radius 2 is 1.72 bits per heavy atom. The van der Waals surface area contributed by atoms with E-state index in [0.717, 1.165) is 18.2 Å². The normalized spacial score (nSPS) is 11.9. The third-order valence-corrected chi connectivity index (χ3v) is 5.78. The molecule has 0 amide bonds. The maximum absolute atomic E-state index is 14.0. The number of nitrogen functional groups attached to an aromatic ring is 1. The van der Waals surface area contributed by atoms with Crippen LogP contribution in [0.5, 0.6) is 11.5 Å². The highest BCUT2D eigenvalue weighted by molar-refractivity contribution is 7.92. The van der Waals surface area contributed by atoms with Crippen LogP contribution in [0, 0.1) is 11.6 Å². The van der Waals surface area contributed by atoms with Gasteiger partial charge in [0.05, 0.1) is 12.2 Å². The Morgan fingerprint density at radius 1 is 1.03 bits per heavy atom. The second-order valence-electron chi connectivity index (χ2n) is 6.65. The second-order valence-corrected chi connectivity index (χ2v) is 8.55. The summed E-state index contributed by atoms with van der Waals surface area (Å²) in [4.78, 5) is 3.83. The SMILES string of the molecule is Nc1cc(F)c(Oc2cccc(N(Cc3cccnc3)S(=O)(=O)CC(F)(F)F)c2)c(F)c1. The Kier molecular flexibility index (Phi) is 6.53. The largest absolute Gasteiger partial charge is 0.451 e. The van der Waals surface area contributed by atoms with Crippen LogP contribution in [0.1, 0.15) is 5.56 Å². The molecule has 2 N–H and O–H groups in total. The van der Waals surface area contributed by atoms with E-state index in [2.05, 4.69) is 4.98 Å². The second kappa shape index (κ2) is 8.99. The molecular weight excluding hydrogens is 457 g/mol. The Balaban J connectivity index is 2.00. The Labute approximate surface area is 180 Å². The minimum atomic E-state index is -4.99. The molecule has 0 aliphatic carbocycles. The lowest BCUT2D eigenvalue weighted by molar-refractivity contribution is -0.106. The van der Waals surface area contributed by atoms with E-state index < -0.39 is 45.9 Å². The number of halogens is 5. The molecule has 0 fully saturated rings. The van der Waals surface area contributed by atoms with Crippen molar-refractivity contribution in [3.05, 3.63) is 78.1 Å². The highest BCUT2D eigenvalue weighted by atomic mass is 32.2. The van der Waals surface area contributed by atoms with Crippen LogP contribution in [0.3, 0.4) is 0 Å². The van der Waals surface area contributed by atoms with Crippen LogP contribution in [0.2, 0.25) is 0 Å². The van der Waals surface area contributed by atoms with Crippen molar-refractivity contribution in [3.63, 3.8) is 0 Å². The number of anilines is 2. The molecule has 3 aromatic rings. The number of hydrogen-bond acceptors (Lipinski definition) is 5. The summed E-state index contributed by atoms with van der Waals surface area (Å²) in [6, 6.07) is 9.45. The van der Waals surface area contributed by atoms with E-state index in [1.807, 2.05) is 0 Å². The third kappa shape index (κ3) is 5.84. The van der Waals surface area contributed by atoms with Gasteiger partial charge in [-0.25, -0.2) is 17.2 Å². The summed E-state index contributed by atoms with van der Waals surface area (Å²) in [5, 5.41) is 0. The molecule has 1 aromatic heterocycles. The molecule has 6 nitrogen and oxygen atoms in total. The van der Waals surface area contributed by atoms with Crippen molar-refractivity contribution in [1.82, 2.24) is 4.98 Å². The van der Waals surface area contributed by atoms with Gasteiger partial charge in [-0.1, -0.05) is 12.1 Å². The van der Waals surface area contributed by atoms with Crippen molar-refractivity contribution in [1.29, 1.82) is 0 Å². The lowest BCUT2D eigenvalue weighted by Crippen LogP contribution is -2.37. The molecule has 0 saturated heterocycles. The van der Waals surface area contributed by atoms with E-state index in [0.29, 0.717) is 9.87 Å². The zero-order valence-electron chi connectivity index (χ0n) is 16.2. The average molecular weight is 473 g/mol. The quantitative estimate of drug-likeness (QED) is 0.399. The van der Waals surface area contributed by atoms with Crippen LogP contribution in [0.4, 0.5) is 33.3 Å². The number of sulfonamides is 1. The van der Waals surface area contributed by atoms with Gasteiger partial charge in [-0.2, -0.15) is 13.2 Å². The molecule has 3 rings (SSSR count). The predicted molar refractivity (Wildman–Crippen MR) is 108 cm³/mol. The molecule has 0 unspecified atom stereocenters. The number of ether oxygens (including phenoxy) is 1. The van der Waals surface area contributed by atoms with E-state index in [-0.39, 0.29) is 17.1 Å². The summed E-state index contributed by atoms with van der Waals surface area (Å²) in [6.45, 7) is -0.458. The van der Waals surface area contributed by atoms with Crippen LogP contribution >= 0.6 is 0 Å². The number of benzene rings is 2. The predicted octanol–water partition coefficient (Wildman–Crippen LogP) is 4.63. The molecule has 0 saturated carbocycles. The summed E-state index contributed by atoms with van der Waals surface area (Å²) >= 11 is 0. The number of hydrogen-bond donors (Lipinski definition) is 1. The topological polar surface area (TPSA) is 85.5 Å². The maximum atomic E-state index is 14.0. The van der Waals surface area contributed by atoms with Crippen LogP contribution in [0.15, 0.2) is 60.9 Å². The fourth-order valence-electron chi connectivity index (χ4n) is 2.79. The summed E-state index contributed by atoms with van der Waals surface area (Å²) in [5.41, 5.74) is 5.29. The summed E-state index contributed by atoms with van der Waals surface area (Å²) < 4.78 is 97.7. The fraction of sp³-hybridized carbons (Fsp3) is 0.150. The summed E-state index contributed by atoms with van der Waals surface area (Å²) in [7, 11) is -4.88. The van der Waals surface area contributed by atoms with Crippen LogP contribution in [-0.4, -0.2) is 25.3 Å². The molecular formula is C20H16F5N3O3S. The number of pyridine rings is 1. The Morgan fingerprint density at radius 3 is 2.31 bits per heavy atom. The van der Waals surface area contributed by atoms with Crippen LogP contribution < -0.4 is 14.8 Å². The van der Waals surface area contributed by atoms with Gasteiger partial charge in [0.15, 0.2) is 23.1 Å². The van der Waals surface area contributed by atoms with Crippen molar-refractivity contribution in [2.75, 3.05) is 15.8 Å². The minimum absolute atomic E-state index is 0.179. The van der Waals surface area contributed by atoms with Crippen molar-refractivity contribution in [2.45, 2.75) is 12.7 Å². The number of alkyl halides is 3. The highest BCUT2D eigenvalue weighted by Crippen LogP contribution is 2.33. The molecule has 0 spiro atoms. The van der Waals surface area contributed by atoms with Gasteiger partial charge in [0.2, 0.25) is 10.0 Å². The number of nitrogens with two attached hydrogens (primary N) is 1. The first-order valence-corrected chi connectivity index (χ1v) is 10.5. The van der Waals surface area contributed by atoms with Crippen molar-refractivity contribution >= 4 is 21.4 Å². The molecule has 0 bridgehead atoms. The summed E-state index contributed by atoms with van der Waals surface area (Å²) in [6.07, 6.45) is -2.27. The standard InChI is InChI=1S/C20H16F5N3O3S/c21-17-7-14(26)8-18(22)19(17)31-16-5-1-4-15(9-16)28(11-13-3-2-6-27-10-13)32(29,30)12-20(23,24)25/h1-10H,11-12,26H2. The van der Waals surface area contributed by atoms with E-state index in [1.54, 1.807) is 0 Å². The van der Waals surface area contributed by atoms with Gasteiger partial charge in [-0.05, 0) is 23.8 Å². The first-order valence-electron chi connectivity index (χ1n) is 8.93. The van der Waals surface area contributed by atoms with Gasteiger partial charge < -0.3 is 10.5 Å². The maximum Gasteiger partial charge on any atom is 0.404 e. The Bertz CT molecular complexity index is 1180. The first-order chi connectivity index (χ1) is 14.9. The fourth-order valence-corrected chi connectivity index (χ4v) is 4.14. The number of nitrogens with zero attached hydrogens (tertiary/aromatic N) is 2. The highest BCUT2D eigenvalue weighted by Gasteiger charge is 2.38. The molecule has 1 heterocycles. The van der Waals surface area contributed by atoms with Crippen molar-refractivity contribution < 1.29 is 35.1 Å². The third-order valence-electron chi connectivity index (χ3n) is 4.08. The van der Waals surface area contributed by atoms with E-state index in [4.69, 9.17) is 10.5 Å². The lowest BCUT2D eigenvalue weighted by atomic mass is 10.2. The molecule has 12 heteroatoms. The van der Waals surface area contributed by atoms with E-state index in [9.17, 15) is 30.4 Å². The molecule has 0 aliphatic heterocycles. The van der Waals surface area contributed by atoms with Crippen molar-refractivity contribution in [2.24, 2.45) is 0 Å². The van der Waals surface area contributed by atoms with Gasteiger partial charge in [0.25, 0.3) is 0 Å². The van der Waals surface area contributed by atoms with E-state index >= 15 is 0 Å². The van der Waals surface area contributed by atoms with Gasteiger partial charge in [0.1, 0.15) is 5.75 Å². The number of aromatic nitrogens is 1. The van der Waals surface area contributed by atoms with Crippen molar-refractivity contribution in [3.8, 4) is 11.5 Å². The molecule has 32 heavy (non-hydrogen) atoms. The summed E-state index contributed by atoms with van der Waals surface area (Å²) in [5.74, 6) is -5.32. The smallest absolute Gasteiger partial charge is 0.404 e. The lowest BCUT2D eigenvalue weighted by Gasteiger charge is -2.25. The average Bonchev–Trinajstić information content (AvgIpc) is 2.68. The van der Waals surface area contributed by atoms with Gasteiger partial charge >= 0.3 is 6.18 Å². The first kappa shape index (κ1) is 23.3. The van der Waals surface area contributed by atoms with Crippen LogP contribution in [-0.2, 0) is 16.6 Å². The van der Waals surface area contributed by atoms with Crippen LogP contribution in [0.25, 0.3) is 0 Å². The van der Waals surface area contributed by atoms with E-state index in [1.165, 1.54) is 42.7 Å². The van der Waals surface area contributed by atoms with Gasteiger partial charge in [-0.15, -0.1) is 0 Å². The number of rotatable bonds is 7. The molecule has 0 radical (unpaired) electrons. The van der Waals surface area contributed by atoms with Gasteiger partial charge in [-0.3, -0.25) is 9.29 Å². The molecule has 170 valence electrons. The zero-order valence-corrected chi connectivity index (χ0v) is 17.0. The Hall–Kier alpha value is -3.41. The minimum Gasteiger partial charge on any atom is -0.451 e. The molecule has 0 atom stereocenters.